The number of nitrogen functional groups attached to an aromatic ring is 1. The van der Waals surface area contributed by atoms with E-state index in [0.29, 0.717) is 34.7 Å². The van der Waals surface area contributed by atoms with Gasteiger partial charge in [0, 0.05) is 48.1 Å². The van der Waals surface area contributed by atoms with Gasteiger partial charge in [0.15, 0.2) is 0 Å². The van der Waals surface area contributed by atoms with Crippen LogP contribution >= 0.6 is 0 Å². The molecule has 3 N–H and O–H groups in total. The molecular weight excluding hydrogens is 464 g/mol. The molecule has 0 aliphatic carbocycles. The Morgan fingerprint density at radius 3 is 2.75 bits per heavy atom. The third kappa shape index (κ3) is 3.59. The highest BCUT2D eigenvalue weighted by atomic mass is 16.2. The third-order valence-electron chi connectivity index (χ3n) is 6.46. The molecule has 3 aromatic heterocycles. The number of pyridine rings is 1. The number of benzene rings is 1. The van der Waals surface area contributed by atoms with Crippen LogP contribution < -0.4 is 16.6 Å². The van der Waals surface area contributed by atoms with Crippen LogP contribution in [0, 0.1) is 0 Å². The monoisotopic (exact) mass is 484 g/mol. The largest absolute Gasteiger partial charge is 0.399 e. The highest BCUT2D eigenvalue weighted by molar-refractivity contribution is 6.06. The summed E-state index contributed by atoms with van der Waals surface area (Å²) in [7, 11) is 0. The van der Waals surface area contributed by atoms with Crippen molar-refractivity contribution in [2.75, 3.05) is 5.73 Å². The number of hydrogen-bond donors (Lipinski definition) is 2. The van der Waals surface area contributed by atoms with Gasteiger partial charge >= 0.3 is 0 Å². The standard InChI is InChI=1S/C24H20N8O4/c25-13-6-7-31-20(8-13)26-14(9-22(31)34)10-30-12-18(28-29-30)15-2-1-3-16-17(15)11-32(24(16)36)19-4-5-21(33)27-23(19)35/h1-3,6-9,12,19H,4-5,10-11,25H2,(H,27,33,35). The normalized spacial score (nSPS) is 17.5. The Balaban J connectivity index is 1.28. The molecule has 0 spiro atoms. The SMILES string of the molecule is Nc1ccn2c(=O)cc(Cn3cc(-c4cccc5c4CN(C4CCC(=O)NC4=O)C5=O)nn3)nc2c1. The van der Waals surface area contributed by atoms with Crippen molar-refractivity contribution in [3.63, 3.8) is 0 Å². The van der Waals surface area contributed by atoms with Gasteiger partial charge in [-0.3, -0.25) is 28.9 Å². The molecular formula is C24H20N8O4. The second-order valence-electron chi connectivity index (χ2n) is 8.81. The highest BCUT2D eigenvalue weighted by Gasteiger charge is 2.40. The van der Waals surface area contributed by atoms with E-state index in [-0.39, 0.29) is 36.9 Å². The van der Waals surface area contributed by atoms with Gasteiger partial charge in [0.1, 0.15) is 17.4 Å². The van der Waals surface area contributed by atoms with Gasteiger partial charge < -0.3 is 10.6 Å². The summed E-state index contributed by atoms with van der Waals surface area (Å²) in [6, 6.07) is 9.31. The van der Waals surface area contributed by atoms with Gasteiger partial charge in [-0.25, -0.2) is 9.67 Å². The first kappa shape index (κ1) is 21.6. The van der Waals surface area contributed by atoms with Gasteiger partial charge in [-0.2, -0.15) is 0 Å². The number of carbonyl (C=O) groups excluding carboxylic acids is 3. The van der Waals surface area contributed by atoms with E-state index in [0.717, 1.165) is 11.1 Å². The Kier molecular flexibility index (Phi) is 4.88. The number of amides is 3. The molecule has 0 radical (unpaired) electrons. The fraction of sp³-hybridized carbons (Fsp3) is 0.208. The molecule has 1 fully saturated rings. The quantitative estimate of drug-likeness (QED) is 0.393. The van der Waals surface area contributed by atoms with Gasteiger partial charge in [-0.05, 0) is 24.1 Å². The molecule has 6 rings (SSSR count). The van der Waals surface area contributed by atoms with E-state index in [4.69, 9.17) is 5.73 Å². The lowest BCUT2D eigenvalue weighted by Crippen LogP contribution is -2.52. The van der Waals surface area contributed by atoms with Crippen molar-refractivity contribution < 1.29 is 14.4 Å². The number of rotatable bonds is 4. The van der Waals surface area contributed by atoms with Crippen LogP contribution in [-0.2, 0) is 22.7 Å². The lowest BCUT2D eigenvalue weighted by molar-refractivity contribution is -0.136. The molecule has 180 valence electrons. The maximum atomic E-state index is 13.1. The number of anilines is 1. The van der Waals surface area contributed by atoms with Gasteiger partial charge in [0.2, 0.25) is 11.8 Å². The number of fused-ring (bicyclic) bond motifs is 2. The van der Waals surface area contributed by atoms with Crippen molar-refractivity contribution in [1.29, 1.82) is 0 Å². The van der Waals surface area contributed by atoms with E-state index >= 15 is 0 Å². The zero-order chi connectivity index (χ0) is 25.0. The molecule has 0 saturated carbocycles. The summed E-state index contributed by atoms with van der Waals surface area (Å²) in [5, 5.41) is 10.8. The molecule has 12 nitrogen and oxygen atoms in total. The number of nitrogens with two attached hydrogens (primary N) is 1. The first-order chi connectivity index (χ1) is 17.4. The Bertz CT molecular complexity index is 1640. The molecule has 12 heteroatoms. The molecule has 4 aromatic rings. The molecule has 1 unspecified atom stereocenters. The summed E-state index contributed by atoms with van der Waals surface area (Å²) < 4.78 is 2.97. The zero-order valence-electron chi connectivity index (χ0n) is 18.9. The topological polar surface area (TPSA) is 158 Å². The molecule has 2 aliphatic rings. The second kappa shape index (κ2) is 8.12. The highest BCUT2D eigenvalue weighted by Crippen LogP contribution is 2.34. The Labute approximate surface area is 203 Å². The summed E-state index contributed by atoms with van der Waals surface area (Å²) in [5.41, 5.74) is 9.54. The third-order valence-corrected chi connectivity index (χ3v) is 6.46. The van der Waals surface area contributed by atoms with Crippen molar-refractivity contribution in [2.45, 2.75) is 32.0 Å². The molecule has 36 heavy (non-hydrogen) atoms. The number of imide groups is 1. The minimum absolute atomic E-state index is 0.191. The molecule has 5 heterocycles. The number of hydrogen-bond acceptors (Lipinski definition) is 8. The molecule has 1 atom stereocenters. The maximum Gasteiger partial charge on any atom is 0.258 e. The van der Waals surface area contributed by atoms with Crippen molar-refractivity contribution in [3.05, 3.63) is 76.0 Å². The lowest BCUT2D eigenvalue weighted by atomic mass is 10.0. The summed E-state index contributed by atoms with van der Waals surface area (Å²) in [6.45, 7) is 0.442. The number of aromatic nitrogens is 5. The van der Waals surface area contributed by atoms with E-state index in [9.17, 15) is 19.2 Å². The first-order valence-electron chi connectivity index (χ1n) is 11.3. The Morgan fingerprint density at radius 1 is 1.08 bits per heavy atom. The van der Waals surface area contributed by atoms with Crippen LogP contribution in [0.25, 0.3) is 16.9 Å². The number of carbonyl (C=O) groups is 3. The van der Waals surface area contributed by atoms with Crippen LogP contribution in [0.2, 0.25) is 0 Å². The Morgan fingerprint density at radius 2 is 1.92 bits per heavy atom. The minimum Gasteiger partial charge on any atom is -0.399 e. The number of nitrogens with zero attached hydrogens (tertiary/aromatic N) is 6. The number of piperidine rings is 1. The molecule has 1 aromatic carbocycles. The molecule has 0 bridgehead atoms. The molecule has 1 saturated heterocycles. The van der Waals surface area contributed by atoms with Gasteiger partial charge in [0.05, 0.1) is 18.4 Å². The number of nitrogens with one attached hydrogen (secondary N) is 1. The zero-order valence-corrected chi connectivity index (χ0v) is 18.9. The van der Waals surface area contributed by atoms with Crippen molar-refractivity contribution in [1.82, 2.24) is 34.6 Å². The fourth-order valence-electron chi connectivity index (χ4n) is 4.74. The van der Waals surface area contributed by atoms with E-state index < -0.39 is 11.9 Å². The van der Waals surface area contributed by atoms with Crippen LogP contribution in [0.1, 0.15) is 34.5 Å². The Hall–Kier alpha value is -4.87. The second-order valence-corrected chi connectivity index (χ2v) is 8.81. The van der Waals surface area contributed by atoms with Crippen molar-refractivity contribution in [2.24, 2.45) is 0 Å². The van der Waals surface area contributed by atoms with Crippen LogP contribution in [0.3, 0.4) is 0 Å². The van der Waals surface area contributed by atoms with Gasteiger partial charge in [-0.1, -0.05) is 17.3 Å². The maximum absolute atomic E-state index is 13.1. The van der Waals surface area contributed by atoms with Crippen LogP contribution in [0.4, 0.5) is 5.69 Å². The summed E-state index contributed by atoms with van der Waals surface area (Å²) in [4.78, 5) is 55.4. The predicted octanol–water partition coefficient (Wildman–Crippen LogP) is 0.344. The van der Waals surface area contributed by atoms with E-state index in [2.05, 4.69) is 20.6 Å². The van der Waals surface area contributed by atoms with Crippen molar-refractivity contribution in [3.8, 4) is 11.3 Å². The minimum atomic E-state index is -0.696. The van der Waals surface area contributed by atoms with Crippen LogP contribution in [0.15, 0.2) is 53.6 Å². The van der Waals surface area contributed by atoms with Crippen LogP contribution in [0.5, 0.6) is 0 Å². The predicted molar refractivity (Wildman–Crippen MR) is 126 cm³/mol. The van der Waals surface area contributed by atoms with Crippen molar-refractivity contribution >= 4 is 29.1 Å². The first-order valence-corrected chi connectivity index (χ1v) is 11.3. The fourth-order valence-corrected chi connectivity index (χ4v) is 4.74. The van der Waals surface area contributed by atoms with Crippen LogP contribution in [-0.4, -0.2) is 53.0 Å². The average molecular weight is 484 g/mol. The average Bonchev–Trinajstić information content (AvgIpc) is 3.43. The van der Waals surface area contributed by atoms with Gasteiger partial charge in [-0.15, -0.1) is 5.10 Å². The summed E-state index contributed by atoms with van der Waals surface area (Å²) in [6.07, 6.45) is 3.78. The lowest BCUT2D eigenvalue weighted by Gasteiger charge is -2.29. The van der Waals surface area contributed by atoms with E-state index in [1.54, 1.807) is 41.3 Å². The van der Waals surface area contributed by atoms with E-state index in [1.807, 2.05) is 6.07 Å². The van der Waals surface area contributed by atoms with Gasteiger partial charge in [0.25, 0.3) is 11.5 Å². The van der Waals surface area contributed by atoms with E-state index in [1.165, 1.54) is 15.4 Å². The smallest absolute Gasteiger partial charge is 0.258 e. The summed E-state index contributed by atoms with van der Waals surface area (Å²) >= 11 is 0. The molecule has 2 aliphatic heterocycles. The summed E-state index contributed by atoms with van der Waals surface area (Å²) in [5.74, 6) is -1.04. The molecule has 3 amide bonds.